The van der Waals surface area contributed by atoms with Crippen LogP contribution in [0.3, 0.4) is 0 Å². The van der Waals surface area contributed by atoms with E-state index in [1.807, 2.05) is 0 Å². The molecule has 0 aliphatic rings. The first-order valence-corrected chi connectivity index (χ1v) is 6.93. The monoisotopic (exact) mass is 267 g/mol. The molecule has 0 aliphatic heterocycles. The van der Waals surface area contributed by atoms with Gasteiger partial charge in [0.1, 0.15) is 5.69 Å². The van der Waals surface area contributed by atoms with Crippen molar-refractivity contribution in [2.75, 3.05) is 14.2 Å². The number of rotatable bonds is 9. The molecular formula is C14H25N3O2. The van der Waals surface area contributed by atoms with E-state index in [1.54, 1.807) is 20.4 Å². The number of nitrogens with zero attached hydrogens (tertiary/aromatic N) is 2. The van der Waals surface area contributed by atoms with Gasteiger partial charge in [0, 0.05) is 0 Å². The molecule has 1 atom stereocenters. The molecule has 1 aromatic heterocycles. The molecule has 0 fully saturated rings. The Morgan fingerprint density at radius 2 is 1.89 bits per heavy atom. The maximum absolute atomic E-state index is 6.15. The highest BCUT2D eigenvalue weighted by Crippen LogP contribution is 2.25. The predicted molar refractivity (Wildman–Crippen MR) is 75.4 cm³/mol. The van der Waals surface area contributed by atoms with E-state index in [0.717, 1.165) is 12.8 Å². The second-order valence-electron chi connectivity index (χ2n) is 4.62. The third-order valence-corrected chi connectivity index (χ3v) is 3.12. The van der Waals surface area contributed by atoms with Crippen molar-refractivity contribution in [3.05, 3.63) is 11.9 Å². The number of nitrogens with two attached hydrogens (primary N) is 1. The lowest BCUT2D eigenvalue weighted by molar-refractivity contribution is 0.352. The molecule has 0 saturated carbocycles. The summed E-state index contributed by atoms with van der Waals surface area (Å²) in [7, 11) is 3.12. The van der Waals surface area contributed by atoms with Gasteiger partial charge in [-0.25, -0.2) is 4.98 Å². The largest absolute Gasteiger partial charge is 0.480 e. The van der Waals surface area contributed by atoms with Crippen LogP contribution in [-0.2, 0) is 0 Å². The molecule has 1 heterocycles. The van der Waals surface area contributed by atoms with Gasteiger partial charge in [-0.15, -0.1) is 0 Å². The Bertz CT molecular complexity index is 372. The number of hydrogen-bond acceptors (Lipinski definition) is 5. The summed E-state index contributed by atoms with van der Waals surface area (Å²) in [6.07, 6.45) is 8.63. The van der Waals surface area contributed by atoms with Gasteiger partial charge in [-0.3, -0.25) is 0 Å². The Hall–Kier alpha value is -1.36. The first kappa shape index (κ1) is 15.7. The van der Waals surface area contributed by atoms with Gasteiger partial charge in [0.05, 0.1) is 26.5 Å². The summed E-state index contributed by atoms with van der Waals surface area (Å²) in [6, 6.07) is -0.130. The van der Waals surface area contributed by atoms with E-state index < -0.39 is 0 Å². The minimum absolute atomic E-state index is 0.130. The van der Waals surface area contributed by atoms with Crippen LogP contribution in [0, 0.1) is 0 Å². The first-order valence-electron chi connectivity index (χ1n) is 6.93. The fraction of sp³-hybridized carbons (Fsp3) is 0.714. The highest BCUT2D eigenvalue weighted by atomic mass is 16.5. The summed E-state index contributed by atoms with van der Waals surface area (Å²) in [5, 5.41) is 0. The number of aromatic nitrogens is 2. The summed E-state index contributed by atoms with van der Waals surface area (Å²) < 4.78 is 10.2. The van der Waals surface area contributed by atoms with Gasteiger partial charge >= 0.3 is 0 Å². The van der Waals surface area contributed by atoms with Crippen LogP contribution in [0.25, 0.3) is 0 Å². The quantitative estimate of drug-likeness (QED) is 0.697. The molecule has 0 spiro atoms. The SMILES string of the molecule is CCCCCCCC(N)c1ncc(OC)nc1OC. The average Bonchev–Trinajstić information content (AvgIpc) is 2.46. The van der Waals surface area contributed by atoms with Crippen LogP contribution in [-0.4, -0.2) is 24.2 Å². The highest BCUT2D eigenvalue weighted by Gasteiger charge is 2.15. The molecule has 1 aromatic rings. The van der Waals surface area contributed by atoms with Crippen molar-refractivity contribution in [1.82, 2.24) is 9.97 Å². The summed E-state index contributed by atoms with van der Waals surface area (Å²) in [5.74, 6) is 0.899. The molecule has 2 N–H and O–H groups in total. The molecule has 5 heteroatoms. The van der Waals surface area contributed by atoms with Crippen molar-refractivity contribution in [3.8, 4) is 11.8 Å². The van der Waals surface area contributed by atoms with Crippen molar-refractivity contribution < 1.29 is 9.47 Å². The van der Waals surface area contributed by atoms with Crippen molar-refractivity contribution in [1.29, 1.82) is 0 Å². The maximum Gasteiger partial charge on any atom is 0.240 e. The number of unbranched alkanes of at least 4 members (excludes halogenated alkanes) is 4. The topological polar surface area (TPSA) is 70.3 Å². The maximum atomic E-state index is 6.15. The van der Waals surface area contributed by atoms with Crippen LogP contribution < -0.4 is 15.2 Å². The van der Waals surface area contributed by atoms with Gasteiger partial charge < -0.3 is 15.2 Å². The lowest BCUT2D eigenvalue weighted by Crippen LogP contribution is -2.14. The first-order chi connectivity index (χ1) is 9.22. The lowest BCUT2D eigenvalue weighted by atomic mass is 10.0. The van der Waals surface area contributed by atoms with Crippen molar-refractivity contribution in [2.24, 2.45) is 5.73 Å². The third kappa shape index (κ3) is 5.03. The molecule has 19 heavy (non-hydrogen) atoms. The molecule has 1 rings (SSSR count). The normalized spacial score (nSPS) is 12.2. The molecule has 0 saturated heterocycles. The molecule has 1 unspecified atom stereocenters. The van der Waals surface area contributed by atoms with Gasteiger partial charge in [0.25, 0.3) is 0 Å². The van der Waals surface area contributed by atoms with Gasteiger partial charge in [0.15, 0.2) is 0 Å². The van der Waals surface area contributed by atoms with Gasteiger partial charge in [-0.1, -0.05) is 39.0 Å². The summed E-state index contributed by atoms with van der Waals surface area (Å²) in [5.41, 5.74) is 6.86. The Morgan fingerprint density at radius 1 is 1.16 bits per heavy atom. The van der Waals surface area contributed by atoms with E-state index in [9.17, 15) is 0 Å². The molecule has 0 amide bonds. The van der Waals surface area contributed by atoms with Crippen molar-refractivity contribution >= 4 is 0 Å². The molecule has 0 aliphatic carbocycles. The van der Waals surface area contributed by atoms with Crippen molar-refractivity contribution in [3.63, 3.8) is 0 Å². The third-order valence-electron chi connectivity index (χ3n) is 3.12. The molecule has 0 bridgehead atoms. The standard InChI is InChI=1S/C14H25N3O2/c1-4-5-6-7-8-9-11(15)13-14(19-3)17-12(18-2)10-16-13/h10-11H,4-9,15H2,1-3H3. The van der Waals surface area contributed by atoms with Crippen LogP contribution in [0.4, 0.5) is 0 Å². The second-order valence-corrected chi connectivity index (χ2v) is 4.62. The Labute approximate surface area is 115 Å². The Kier molecular flexibility index (Phi) is 7.18. The van der Waals surface area contributed by atoms with Crippen LogP contribution in [0.15, 0.2) is 6.20 Å². The van der Waals surface area contributed by atoms with Gasteiger partial charge in [-0.05, 0) is 6.42 Å². The van der Waals surface area contributed by atoms with E-state index in [-0.39, 0.29) is 6.04 Å². The molecular weight excluding hydrogens is 242 g/mol. The van der Waals surface area contributed by atoms with E-state index in [0.29, 0.717) is 17.5 Å². The second kappa shape index (κ2) is 8.69. The molecule has 0 aromatic carbocycles. The minimum Gasteiger partial charge on any atom is -0.480 e. The summed E-state index contributed by atoms with van der Waals surface area (Å²) in [4.78, 5) is 8.50. The van der Waals surface area contributed by atoms with Gasteiger partial charge in [-0.2, -0.15) is 4.98 Å². The summed E-state index contributed by atoms with van der Waals surface area (Å²) >= 11 is 0. The molecule has 108 valence electrons. The molecule has 5 nitrogen and oxygen atoms in total. The number of hydrogen-bond donors (Lipinski definition) is 1. The Morgan fingerprint density at radius 3 is 2.53 bits per heavy atom. The summed E-state index contributed by atoms with van der Waals surface area (Å²) in [6.45, 7) is 2.21. The van der Waals surface area contributed by atoms with E-state index in [1.165, 1.54) is 25.7 Å². The number of methoxy groups -OCH3 is 2. The average molecular weight is 267 g/mol. The Balaban J connectivity index is 2.53. The lowest BCUT2D eigenvalue weighted by Gasteiger charge is -2.14. The van der Waals surface area contributed by atoms with Crippen LogP contribution in [0.5, 0.6) is 11.8 Å². The molecule has 0 radical (unpaired) electrons. The smallest absolute Gasteiger partial charge is 0.240 e. The van der Waals surface area contributed by atoms with Crippen molar-refractivity contribution in [2.45, 2.75) is 51.5 Å². The zero-order valence-electron chi connectivity index (χ0n) is 12.2. The zero-order chi connectivity index (χ0) is 14.1. The zero-order valence-corrected chi connectivity index (χ0v) is 12.2. The fourth-order valence-corrected chi connectivity index (χ4v) is 1.97. The fourth-order valence-electron chi connectivity index (χ4n) is 1.97. The van der Waals surface area contributed by atoms with E-state index in [4.69, 9.17) is 15.2 Å². The van der Waals surface area contributed by atoms with Gasteiger partial charge in [0.2, 0.25) is 11.8 Å². The minimum atomic E-state index is -0.130. The van der Waals surface area contributed by atoms with Crippen LogP contribution in [0.2, 0.25) is 0 Å². The number of ether oxygens (including phenoxy) is 2. The predicted octanol–water partition coefficient (Wildman–Crippen LogP) is 2.85. The van der Waals surface area contributed by atoms with E-state index in [2.05, 4.69) is 16.9 Å². The van der Waals surface area contributed by atoms with Crippen LogP contribution >= 0.6 is 0 Å². The highest BCUT2D eigenvalue weighted by molar-refractivity contribution is 5.25. The van der Waals surface area contributed by atoms with E-state index >= 15 is 0 Å². The van der Waals surface area contributed by atoms with Crippen LogP contribution in [0.1, 0.15) is 57.2 Å².